The highest BCUT2D eigenvalue weighted by Crippen LogP contribution is 2.37. The highest BCUT2D eigenvalue weighted by Gasteiger charge is 2.42. The Kier molecular flexibility index (Phi) is 3.94. The summed E-state index contributed by atoms with van der Waals surface area (Å²) in [4.78, 5) is 2.77. The maximum Gasteiger partial charge on any atom is 0.105 e. The van der Waals surface area contributed by atoms with Crippen molar-refractivity contribution in [1.29, 1.82) is 0 Å². The molecule has 0 radical (unpaired) electrons. The quantitative estimate of drug-likeness (QED) is 0.884. The number of fused-ring (bicyclic) bond motifs is 2. The third-order valence-corrected chi connectivity index (χ3v) is 4.87. The van der Waals surface area contributed by atoms with E-state index in [0.29, 0.717) is 6.04 Å². The summed E-state index contributed by atoms with van der Waals surface area (Å²) in [7, 11) is 0. The lowest BCUT2D eigenvalue weighted by Gasteiger charge is -2.42. The van der Waals surface area contributed by atoms with Crippen LogP contribution in [0.25, 0.3) is 0 Å². The van der Waals surface area contributed by atoms with E-state index in [1.165, 1.54) is 25.7 Å². The van der Waals surface area contributed by atoms with E-state index in [-0.39, 0.29) is 0 Å². The number of furan rings is 1. The maximum atomic E-state index is 5.51. The van der Waals surface area contributed by atoms with E-state index in [1.807, 2.05) is 6.07 Å². The molecule has 2 fully saturated rings. The summed E-state index contributed by atoms with van der Waals surface area (Å²) in [6.45, 7) is 5.68. The Morgan fingerprint density at radius 2 is 2.11 bits per heavy atom. The van der Waals surface area contributed by atoms with Gasteiger partial charge in [0.25, 0.3) is 0 Å². The van der Waals surface area contributed by atoms with Crippen molar-refractivity contribution in [2.24, 2.45) is 0 Å². The third kappa shape index (κ3) is 2.72. The SMILES string of the molecule is CCNC1CC2CCC(C1)N2C(C)Cc1ccco1. The second kappa shape index (κ2) is 5.68. The smallest absolute Gasteiger partial charge is 0.105 e. The fourth-order valence-electron chi connectivity index (χ4n) is 4.21. The van der Waals surface area contributed by atoms with Crippen molar-refractivity contribution in [2.45, 2.75) is 70.1 Å². The molecule has 3 rings (SSSR count). The molecule has 3 heterocycles. The first-order valence-corrected chi connectivity index (χ1v) is 7.81. The van der Waals surface area contributed by atoms with E-state index in [1.54, 1.807) is 6.26 Å². The summed E-state index contributed by atoms with van der Waals surface area (Å²) >= 11 is 0. The number of nitrogens with one attached hydrogen (secondary N) is 1. The lowest BCUT2D eigenvalue weighted by molar-refractivity contribution is 0.0755. The van der Waals surface area contributed by atoms with Crippen molar-refractivity contribution >= 4 is 0 Å². The monoisotopic (exact) mass is 262 g/mol. The molecule has 3 atom stereocenters. The molecule has 2 aliphatic heterocycles. The number of piperidine rings is 1. The molecule has 0 spiro atoms. The first-order chi connectivity index (χ1) is 9.28. The molecule has 0 amide bonds. The molecule has 3 unspecified atom stereocenters. The van der Waals surface area contributed by atoms with Crippen LogP contribution in [-0.2, 0) is 6.42 Å². The second-order valence-electron chi connectivity index (χ2n) is 6.19. The topological polar surface area (TPSA) is 28.4 Å². The van der Waals surface area contributed by atoms with Crippen molar-refractivity contribution in [3.05, 3.63) is 24.2 Å². The van der Waals surface area contributed by atoms with Crippen LogP contribution in [0.5, 0.6) is 0 Å². The van der Waals surface area contributed by atoms with Gasteiger partial charge in [-0.3, -0.25) is 4.90 Å². The fraction of sp³-hybridized carbons (Fsp3) is 0.750. The molecule has 1 aromatic heterocycles. The third-order valence-electron chi connectivity index (χ3n) is 4.87. The minimum absolute atomic E-state index is 0.603. The molecule has 1 aromatic rings. The average Bonchev–Trinajstić information content (AvgIpc) is 2.97. The summed E-state index contributed by atoms with van der Waals surface area (Å²) in [5.74, 6) is 1.13. The van der Waals surface area contributed by atoms with Gasteiger partial charge in [-0.15, -0.1) is 0 Å². The zero-order valence-corrected chi connectivity index (χ0v) is 12.1. The van der Waals surface area contributed by atoms with Crippen LogP contribution in [0, 0.1) is 0 Å². The van der Waals surface area contributed by atoms with Gasteiger partial charge >= 0.3 is 0 Å². The minimum Gasteiger partial charge on any atom is -0.469 e. The van der Waals surface area contributed by atoms with Gasteiger partial charge in [0.05, 0.1) is 6.26 Å². The molecular weight excluding hydrogens is 236 g/mol. The Morgan fingerprint density at radius 1 is 1.37 bits per heavy atom. The van der Waals surface area contributed by atoms with Crippen molar-refractivity contribution in [3.63, 3.8) is 0 Å². The predicted molar refractivity (Wildman–Crippen MR) is 77.2 cm³/mol. The Bertz CT molecular complexity index is 375. The van der Waals surface area contributed by atoms with Gasteiger partial charge in [0.1, 0.15) is 5.76 Å². The summed E-state index contributed by atoms with van der Waals surface area (Å²) in [5.41, 5.74) is 0. The normalized spacial score (nSPS) is 32.6. The van der Waals surface area contributed by atoms with Gasteiger partial charge in [-0.05, 0) is 51.3 Å². The summed E-state index contributed by atoms with van der Waals surface area (Å²) in [5, 5.41) is 3.65. The Balaban J connectivity index is 1.63. The molecule has 0 aromatic carbocycles. The number of hydrogen-bond acceptors (Lipinski definition) is 3. The molecular formula is C16H26N2O. The Labute approximate surface area is 116 Å². The lowest BCUT2D eigenvalue weighted by Crippen LogP contribution is -2.52. The first kappa shape index (κ1) is 13.2. The van der Waals surface area contributed by atoms with Gasteiger partial charge in [-0.1, -0.05) is 6.92 Å². The first-order valence-electron chi connectivity index (χ1n) is 7.81. The molecule has 1 N–H and O–H groups in total. The summed E-state index contributed by atoms with van der Waals surface area (Å²) in [6, 6.07) is 7.01. The summed E-state index contributed by atoms with van der Waals surface area (Å²) in [6.07, 6.45) is 8.25. The van der Waals surface area contributed by atoms with Crippen molar-refractivity contribution < 1.29 is 4.42 Å². The van der Waals surface area contributed by atoms with E-state index in [0.717, 1.165) is 36.9 Å². The van der Waals surface area contributed by atoms with Gasteiger partial charge in [-0.25, -0.2) is 0 Å². The second-order valence-corrected chi connectivity index (χ2v) is 6.19. The van der Waals surface area contributed by atoms with E-state index >= 15 is 0 Å². The standard InChI is InChI=1S/C16H26N2O/c1-3-17-13-10-14-6-7-15(11-13)18(14)12(2)9-16-5-4-8-19-16/h4-5,8,12-15,17H,3,6-7,9-11H2,1-2H3. The van der Waals surface area contributed by atoms with Crippen LogP contribution in [-0.4, -0.2) is 35.6 Å². The van der Waals surface area contributed by atoms with Crippen LogP contribution in [0.3, 0.4) is 0 Å². The maximum absolute atomic E-state index is 5.51. The Hall–Kier alpha value is -0.800. The van der Waals surface area contributed by atoms with Gasteiger partial charge < -0.3 is 9.73 Å². The molecule has 0 saturated carbocycles. The number of hydrogen-bond donors (Lipinski definition) is 1. The zero-order valence-electron chi connectivity index (χ0n) is 12.1. The zero-order chi connectivity index (χ0) is 13.2. The predicted octanol–water partition coefficient (Wildman–Crippen LogP) is 2.82. The molecule has 2 aliphatic rings. The largest absolute Gasteiger partial charge is 0.469 e. The van der Waals surface area contributed by atoms with Crippen LogP contribution < -0.4 is 5.32 Å². The van der Waals surface area contributed by atoms with Crippen LogP contribution >= 0.6 is 0 Å². The van der Waals surface area contributed by atoms with E-state index in [2.05, 4.69) is 30.1 Å². The molecule has 2 bridgehead atoms. The fourth-order valence-corrected chi connectivity index (χ4v) is 4.21. The van der Waals surface area contributed by atoms with Crippen molar-refractivity contribution in [1.82, 2.24) is 10.2 Å². The van der Waals surface area contributed by atoms with Crippen molar-refractivity contribution in [3.8, 4) is 0 Å². The van der Waals surface area contributed by atoms with Crippen LogP contribution in [0.2, 0.25) is 0 Å². The summed E-state index contributed by atoms with van der Waals surface area (Å²) < 4.78 is 5.51. The number of nitrogens with zero attached hydrogens (tertiary/aromatic N) is 1. The molecule has 3 nitrogen and oxygen atoms in total. The Morgan fingerprint density at radius 3 is 2.68 bits per heavy atom. The van der Waals surface area contributed by atoms with Crippen LogP contribution in [0.4, 0.5) is 0 Å². The average molecular weight is 262 g/mol. The number of rotatable bonds is 5. The van der Waals surface area contributed by atoms with E-state index in [9.17, 15) is 0 Å². The molecule has 106 valence electrons. The van der Waals surface area contributed by atoms with Gasteiger partial charge in [0.15, 0.2) is 0 Å². The van der Waals surface area contributed by atoms with Gasteiger partial charge in [0, 0.05) is 30.6 Å². The van der Waals surface area contributed by atoms with Gasteiger partial charge in [0.2, 0.25) is 0 Å². The van der Waals surface area contributed by atoms with Crippen LogP contribution in [0.15, 0.2) is 22.8 Å². The molecule has 19 heavy (non-hydrogen) atoms. The minimum atomic E-state index is 0.603. The molecule has 3 heteroatoms. The molecule has 0 aliphatic carbocycles. The molecule has 2 saturated heterocycles. The van der Waals surface area contributed by atoms with E-state index in [4.69, 9.17) is 4.42 Å². The highest BCUT2D eigenvalue weighted by molar-refractivity contribution is 5.04. The van der Waals surface area contributed by atoms with Crippen LogP contribution in [0.1, 0.15) is 45.3 Å². The lowest BCUT2D eigenvalue weighted by atomic mass is 9.94. The van der Waals surface area contributed by atoms with E-state index < -0.39 is 0 Å². The highest BCUT2D eigenvalue weighted by atomic mass is 16.3. The van der Waals surface area contributed by atoms with Crippen molar-refractivity contribution in [2.75, 3.05) is 6.54 Å². The van der Waals surface area contributed by atoms with Gasteiger partial charge in [-0.2, -0.15) is 0 Å².